The van der Waals surface area contributed by atoms with Crippen LogP contribution in [0.1, 0.15) is 22.4 Å². The van der Waals surface area contributed by atoms with Gasteiger partial charge in [-0.3, -0.25) is 9.69 Å². The quantitative estimate of drug-likeness (QED) is 0.270. The van der Waals surface area contributed by atoms with E-state index in [1.807, 2.05) is 85.8 Å². The first kappa shape index (κ1) is 23.6. The fourth-order valence-electron chi connectivity index (χ4n) is 3.74. The molecule has 5 rings (SSSR count). The van der Waals surface area contributed by atoms with Crippen molar-refractivity contribution >= 4 is 40.4 Å². The Morgan fingerprint density at radius 2 is 1.69 bits per heavy atom. The normalized spacial score (nSPS) is 15.6. The molecule has 0 N–H and O–H groups in total. The summed E-state index contributed by atoms with van der Waals surface area (Å²) < 4.78 is 6.00. The van der Waals surface area contributed by atoms with Crippen molar-refractivity contribution in [3.8, 4) is 5.75 Å². The van der Waals surface area contributed by atoms with Crippen LogP contribution in [0.4, 0.5) is 11.5 Å². The number of aromatic nitrogens is 1. The first-order valence-electron chi connectivity index (χ1n) is 11.6. The summed E-state index contributed by atoms with van der Waals surface area (Å²) in [5, 5.41) is 0.572. The van der Waals surface area contributed by atoms with Crippen molar-refractivity contribution in [2.45, 2.75) is 20.5 Å². The third-order valence-electron chi connectivity index (χ3n) is 5.59. The lowest BCUT2D eigenvalue weighted by atomic mass is 10.1. The number of pyridine rings is 1. The van der Waals surface area contributed by atoms with Gasteiger partial charge in [0, 0.05) is 5.69 Å². The van der Waals surface area contributed by atoms with Crippen LogP contribution < -0.4 is 9.64 Å². The number of rotatable bonds is 6. The zero-order chi connectivity index (χ0) is 24.9. The number of carbonyl (C=O) groups excluding carboxylic acids is 1. The third-order valence-corrected chi connectivity index (χ3v) is 6.56. The zero-order valence-electron chi connectivity index (χ0n) is 20.1. The highest BCUT2D eigenvalue weighted by molar-refractivity contribution is 8.19. The molecule has 1 saturated heterocycles. The first-order chi connectivity index (χ1) is 17.5. The number of ether oxygens (including phenoxy) is 1. The van der Waals surface area contributed by atoms with Gasteiger partial charge in [0.25, 0.3) is 5.91 Å². The molecule has 4 aromatic rings. The summed E-state index contributed by atoms with van der Waals surface area (Å²) >= 11 is 1.34. The highest BCUT2D eigenvalue weighted by Gasteiger charge is 2.34. The van der Waals surface area contributed by atoms with Crippen molar-refractivity contribution in [1.29, 1.82) is 0 Å². The Bertz CT molecular complexity index is 1450. The van der Waals surface area contributed by atoms with Crippen LogP contribution in [0, 0.1) is 13.8 Å². The smallest absolute Gasteiger partial charge is 0.271 e. The van der Waals surface area contributed by atoms with Crippen LogP contribution in [-0.4, -0.2) is 16.1 Å². The van der Waals surface area contributed by atoms with E-state index in [1.165, 1.54) is 17.3 Å². The molecule has 1 amide bonds. The predicted molar refractivity (Wildman–Crippen MR) is 148 cm³/mol. The lowest BCUT2D eigenvalue weighted by Gasteiger charge is -2.15. The van der Waals surface area contributed by atoms with E-state index in [0.717, 1.165) is 28.3 Å². The Labute approximate surface area is 215 Å². The molecule has 0 spiro atoms. The molecular weight excluding hydrogens is 466 g/mol. The van der Waals surface area contributed by atoms with E-state index in [2.05, 4.69) is 36.2 Å². The summed E-state index contributed by atoms with van der Waals surface area (Å²) in [4.78, 5) is 24.9. The molecule has 3 aromatic carbocycles. The molecule has 1 aliphatic rings. The fourth-order valence-corrected chi connectivity index (χ4v) is 4.73. The maximum Gasteiger partial charge on any atom is 0.271 e. The molecule has 0 unspecified atom stereocenters. The Morgan fingerprint density at radius 3 is 2.47 bits per heavy atom. The van der Waals surface area contributed by atoms with Gasteiger partial charge in [0.2, 0.25) is 0 Å². The van der Waals surface area contributed by atoms with Gasteiger partial charge < -0.3 is 4.74 Å². The van der Waals surface area contributed by atoms with Gasteiger partial charge in [-0.1, -0.05) is 66.2 Å². The molecule has 0 aliphatic carbocycles. The van der Waals surface area contributed by atoms with Crippen LogP contribution in [0.5, 0.6) is 5.75 Å². The standard InChI is InChI=1S/C30H25N3O2S/c1-21-14-16-23(17-15-21)20-35-26-12-7-9-24(18-26)19-27-29(34)33(25-10-4-3-5-11-25)30(36-27)32-28-13-6-8-22(2)31-28/h3-19H,20H2,1-2H3/b27-19-,32-30+. The Morgan fingerprint density at radius 1 is 0.917 bits per heavy atom. The molecule has 1 fully saturated rings. The summed E-state index contributed by atoms with van der Waals surface area (Å²) in [5.74, 6) is 1.20. The summed E-state index contributed by atoms with van der Waals surface area (Å²) in [7, 11) is 0. The van der Waals surface area contributed by atoms with Crippen molar-refractivity contribution in [3.05, 3.63) is 124 Å². The van der Waals surface area contributed by atoms with Gasteiger partial charge in [-0.15, -0.1) is 0 Å². The van der Waals surface area contributed by atoms with Gasteiger partial charge in [0.1, 0.15) is 12.4 Å². The third kappa shape index (κ3) is 5.56. The number of anilines is 1. The van der Waals surface area contributed by atoms with Crippen LogP contribution in [0.2, 0.25) is 0 Å². The molecule has 6 heteroatoms. The number of nitrogens with zero attached hydrogens (tertiary/aromatic N) is 3. The van der Waals surface area contributed by atoms with Crippen molar-refractivity contribution < 1.29 is 9.53 Å². The van der Waals surface area contributed by atoms with Crippen LogP contribution in [0.3, 0.4) is 0 Å². The van der Waals surface area contributed by atoms with E-state index in [9.17, 15) is 4.79 Å². The van der Waals surface area contributed by atoms with Crippen LogP contribution in [-0.2, 0) is 11.4 Å². The zero-order valence-corrected chi connectivity index (χ0v) is 20.9. The molecule has 0 bridgehead atoms. The lowest BCUT2D eigenvalue weighted by Crippen LogP contribution is -2.28. The number of aryl methyl sites for hydroxylation is 2. The topological polar surface area (TPSA) is 54.8 Å². The molecule has 2 heterocycles. The SMILES string of the molecule is Cc1ccc(COc2cccc(/C=C3\S/C(=N/c4cccc(C)n4)N(c4ccccc4)C3=O)c2)cc1. The lowest BCUT2D eigenvalue weighted by molar-refractivity contribution is -0.113. The molecule has 5 nitrogen and oxygen atoms in total. The highest BCUT2D eigenvalue weighted by Crippen LogP contribution is 2.37. The van der Waals surface area contributed by atoms with Crippen molar-refractivity contribution in [2.75, 3.05) is 4.90 Å². The minimum absolute atomic E-state index is 0.122. The molecule has 178 valence electrons. The van der Waals surface area contributed by atoms with Crippen molar-refractivity contribution in [1.82, 2.24) is 4.98 Å². The van der Waals surface area contributed by atoms with E-state index >= 15 is 0 Å². The number of amidine groups is 1. The number of aliphatic imine (C=N–C) groups is 1. The van der Waals surface area contributed by atoms with E-state index in [0.29, 0.717) is 22.5 Å². The molecule has 0 radical (unpaired) electrons. The largest absolute Gasteiger partial charge is 0.489 e. The Balaban J connectivity index is 1.42. The second-order valence-electron chi connectivity index (χ2n) is 8.47. The monoisotopic (exact) mass is 491 g/mol. The summed E-state index contributed by atoms with van der Waals surface area (Å²) in [6.07, 6.45) is 1.88. The van der Waals surface area contributed by atoms with Gasteiger partial charge in [0.05, 0.1) is 10.6 Å². The van der Waals surface area contributed by atoms with Crippen LogP contribution in [0.25, 0.3) is 6.08 Å². The number of hydrogen-bond donors (Lipinski definition) is 0. The van der Waals surface area contributed by atoms with Gasteiger partial charge >= 0.3 is 0 Å². The van der Waals surface area contributed by atoms with Gasteiger partial charge in [-0.2, -0.15) is 0 Å². The number of benzene rings is 3. The highest BCUT2D eigenvalue weighted by atomic mass is 32.2. The maximum atomic E-state index is 13.5. The molecular formula is C30H25N3O2S. The number of carbonyl (C=O) groups is 1. The molecule has 36 heavy (non-hydrogen) atoms. The van der Waals surface area contributed by atoms with E-state index in [-0.39, 0.29) is 5.91 Å². The average Bonchev–Trinajstić information content (AvgIpc) is 3.18. The minimum Gasteiger partial charge on any atom is -0.489 e. The average molecular weight is 492 g/mol. The first-order valence-corrected chi connectivity index (χ1v) is 12.5. The van der Waals surface area contributed by atoms with Gasteiger partial charge in [-0.05, 0) is 79.2 Å². The van der Waals surface area contributed by atoms with E-state index in [4.69, 9.17) is 9.73 Å². The second kappa shape index (κ2) is 10.6. The van der Waals surface area contributed by atoms with E-state index < -0.39 is 0 Å². The summed E-state index contributed by atoms with van der Waals surface area (Å²) in [6.45, 7) is 4.47. The maximum absolute atomic E-state index is 13.5. The number of amides is 1. The molecule has 0 atom stereocenters. The number of para-hydroxylation sites is 1. The second-order valence-corrected chi connectivity index (χ2v) is 9.47. The van der Waals surface area contributed by atoms with Gasteiger partial charge in [0.15, 0.2) is 11.0 Å². The number of hydrogen-bond acceptors (Lipinski definition) is 5. The number of thioether (sulfide) groups is 1. The summed E-state index contributed by atoms with van der Waals surface area (Å²) in [6, 6.07) is 31.3. The van der Waals surface area contributed by atoms with E-state index in [1.54, 1.807) is 4.90 Å². The Hall–Kier alpha value is -4.16. The Kier molecular flexibility index (Phi) is 6.96. The van der Waals surface area contributed by atoms with Crippen LogP contribution in [0.15, 0.2) is 107 Å². The summed E-state index contributed by atoms with van der Waals surface area (Å²) in [5.41, 5.74) is 4.84. The minimum atomic E-state index is -0.122. The van der Waals surface area contributed by atoms with Gasteiger partial charge in [-0.25, -0.2) is 9.98 Å². The fraction of sp³-hybridized carbons (Fsp3) is 0.100. The van der Waals surface area contributed by atoms with Crippen LogP contribution >= 0.6 is 11.8 Å². The molecule has 1 aliphatic heterocycles. The predicted octanol–water partition coefficient (Wildman–Crippen LogP) is 7.09. The molecule has 1 aromatic heterocycles. The molecule has 0 saturated carbocycles. The van der Waals surface area contributed by atoms with Crippen molar-refractivity contribution in [3.63, 3.8) is 0 Å². The van der Waals surface area contributed by atoms with Crippen molar-refractivity contribution in [2.24, 2.45) is 4.99 Å².